The third-order valence-electron chi connectivity index (χ3n) is 3.36. The zero-order valence-electron chi connectivity index (χ0n) is 14.5. The second-order valence-corrected chi connectivity index (χ2v) is 5.43. The summed E-state index contributed by atoms with van der Waals surface area (Å²) in [5.41, 5.74) is -0.637. The molecule has 29 heavy (non-hydrogen) atoms. The van der Waals surface area contributed by atoms with Crippen molar-refractivity contribution < 1.29 is 41.6 Å². The Labute approximate surface area is 159 Å². The van der Waals surface area contributed by atoms with Gasteiger partial charge in [0.2, 0.25) is 11.7 Å². The fourth-order valence-corrected chi connectivity index (χ4v) is 1.94. The summed E-state index contributed by atoms with van der Waals surface area (Å²) in [6.45, 7) is 0.447. The van der Waals surface area contributed by atoms with Crippen molar-refractivity contribution in [1.82, 2.24) is 5.32 Å². The van der Waals surface area contributed by atoms with E-state index in [-0.39, 0.29) is 0 Å². The number of carbonyl (C=O) groups is 3. The molecule has 0 aliphatic rings. The highest BCUT2D eigenvalue weighted by Crippen LogP contribution is 2.19. The summed E-state index contributed by atoms with van der Waals surface area (Å²) in [5.74, 6) is -9.09. The molecule has 0 fully saturated rings. The molecule has 0 bridgehead atoms. The Morgan fingerprint density at radius 1 is 1.17 bits per heavy atom. The number of carbonyl (C=O) groups excluding carboxylic acids is 3. The fraction of sp³-hybridized carbons (Fsp3) is 0.188. The predicted molar refractivity (Wildman–Crippen MR) is 88.2 cm³/mol. The molecule has 1 unspecified atom stereocenters. The van der Waals surface area contributed by atoms with Gasteiger partial charge in [0.15, 0.2) is 23.6 Å². The minimum atomic E-state index is -1.77. The third kappa shape index (κ3) is 5.31. The number of nitrogens with one attached hydrogen (secondary N) is 2. The number of nitrogens with zero attached hydrogens (tertiary/aromatic N) is 1. The van der Waals surface area contributed by atoms with Crippen molar-refractivity contribution in [3.05, 3.63) is 57.6 Å². The average molecular weight is 415 g/mol. The summed E-state index contributed by atoms with van der Waals surface area (Å²) in [4.78, 5) is 44.9. The predicted octanol–water partition coefficient (Wildman–Crippen LogP) is 1.91. The highest BCUT2D eigenvalue weighted by atomic mass is 19.2. The number of benzene rings is 1. The molecule has 2 N–H and O–H groups in total. The maximum atomic E-state index is 13.5. The number of ether oxygens (including phenoxy) is 1. The molecule has 13 heteroatoms. The number of esters is 1. The molecule has 0 saturated carbocycles. The smallest absolute Gasteiger partial charge is 0.433 e. The monoisotopic (exact) mass is 415 g/mol. The molecule has 0 aliphatic heterocycles. The van der Waals surface area contributed by atoms with Gasteiger partial charge in [-0.15, -0.1) is 0 Å². The van der Waals surface area contributed by atoms with E-state index in [9.17, 15) is 37.7 Å². The van der Waals surface area contributed by atoms with Crippen LogP contribution in [0.3, 0.4) is 0 Å². The van der Waals surface area contributed by atoms with Crippen LogP contribution in [-0.2, 0) is 14.3 Å². The number of hydrogen-bond donors (Lipinski definition) is 2. The lowest BCUT2D eigenvalue weighted by molar-refractivity contribution is -0.402. The van der Waals surface area contributed by atoms with Crippen LogP contribution in [0.2, 0.25) is 0 Å². The van der Waals surface area contributed by atoms with Gasteiger partial charge in [0.1, 0.15) is 4.92 Å². The molecule has 1 aromatic heterocycles. The summed E-state index contributed by atoms with van der Waals surface area (Å²) in [7, 11) is 0. The number of nitro groups is 1. The molecule has 0 saturated heterocycles. The number of anilines is 1. The molecule has 2 amide bonds. The van der Waals surface area contributed by atoms with E-state index in [1.807, 2.05) is 5.32 Å². The first-order valence-electron chi connectivity index (χ1n) is 7.76. The Hall–Kier alpha value is -3.90. The fourth-order valence-electron chi connectivity index (χ4n) is 1.94. The average Bonchev–Trinajstić information content (AvgIpc) is 3.17. The Balaban J connectivity index is 1.86. The lowest BCUT2D eigenvalue weighted by atomic mass is 10.2. The normalized spacial score (nSPS) is 11.4. The van der Waals surface area contributed by atoms with Gasteiger partial charge in [-0.05, 0) is 25.1 Å². The van der Waals surface area contributed by atoms with Crippen LogP contribution in [0.1, 0.15) is 17.5 Å². The van der Waals surface area contributed by atoms with Crippen molar-refractivity contribution in [3.63, 3.8) is 0 Å². The van der Waals surface area contributed by atoms with Crippen molar-refractivity contribution >= 4 is 29.4 Å². The van der Waals surface area contributed by atoms with Crippen molar-refractivity contribution in [2.75, 3.05) is 11.9 Å². The highest BCUT2D eigenvalue weighted by molar-refractivity contribution is 5.96. The molecular formula is C16H12F3N3O7. The van der Waals surface area contributed by atoms with Crippen molar-refractivity contribution in [3.8, 4) is 0 Å². The zero-order valence-corrected chi connectivity index (χ0v) is 14.5. The SMILES string of the molecule is CC(OC(=O)c1ccc([N+](=O)[O-])o1)C(=O)NCC(=O)Nc1ccc(F)c(F)c1F. The van der Waals surface area contributed by atoms with Crippen LogP contribution in [0.4, 0.5) is 24.7 Å². The molecule has 0 aliphatic carbocycles. The minimum absolute atomic E-state index is 0.511. The summed E-state index contributed by atoms with van der Waals surface area (Å²) >= 11 is 0. The van der Waals surface area contributed by atoms with E-state index >= 15 is 0 Å². The topological polar surface area (TPSA) is 141 Å². The van der Waals surface area contributed by atoms with Gasteiger partial charge >= 0.3 is 11.9 Å². The van der Waals surface area contributed by atoms with Gasteiger partial charge in [0.25, 0.3) is 5.91 Å². The summed E-state index contributed by atoms with van der Waals surface area (Å²) in [6, 6.07) is 3.30. The molecule has 1 atom stereocenters. The number of hydrogen-bond acceptors (Lipinski definition) is 7. The van der Waals surface area contributed by atoms with E-state index in [1.165, 1.54) is 0 Å². The second-order valence-electron chi connectivity index (χ2n) is 5.43. The first kappa shape index (κ1) is 21.4. The van der Waals surface area contributed by atoms with Gasteiger partial charge in [0, 0.05) is 0 Å². The van der Waals surface area contributed by atoms with Crippen molar-refractivity contribution in [2.45, 2.75) is 13.0 Å². The number of furan rings is 1. The van der Waals surface area contributed by atoms with Crippen molar-refractivity contribution in [1.29, 1.82) is 0 Å². The summed E-state index contributed by atoms with van der Waals surface area (Å²) in [6.07, 6.45) is -1.42. The van der Waals surface area contributed by atoms with Crippen LogP contribution in [0.5, 0.6) is 0 Å². The van der Waals surface area contributed by atoms with Crippen LogP contribution in [0.25, 0.3) is 0 Å². The van der Waals surface area contributed by atoms with Gasteiger partial charge in [-0.2, -0.15) is 0 Å². The van der Waals surface area contributed by atoms with Gasteiger partial charge < -0.3 is 19.8 Å². The Kier molecular flexibility index (Phi) is 6.54. The van der Waals surface area contributed by atoms with Gasteiger partial charge in [0.05, 0.1) is 18.3 Å². The molecule has 2 rings (SSSR count). The van der Waals surface area contributed by atoms with E-state index < -0.39 is 70.1 Å². The molecular weight excluding hydrogens is 403 g/mol. The molecule has 0 spiro atoms. The van der Waals surface area contributed by atoms with E-state index in [0.29, 0.717) is 6.07 Å². The molecule has 10 nitrogen and oxygen atoms in total. The quantitative estimate of drug-likeness (QED) is 0.305. The van der Waals surface area contributed by atoms with Crippen LogP contribution in [-0.4, -0.2) is 35.4 Å². The third-order valence-corrected chi connectivity index (χ3v) is 3.36. The molecule has 154 valence electrons. The first-order valence-corrected chi connectivity index (χ1v) is 7.76. The van der Waals surface area contributed by atoms with Crippen molar-refractivity contribution in [2.24, 2.45) is 0 Å². The molecule has 2 aromatic rings. The minimum Gasteiger partial charge on any atom is -0.447 e. The van der Waals surface area contributed by atoms with Gasteiger partial charge in [-0.3, -0.25) is 19.7 Å². The largest absolute Gasteiger partial charge is 0.447 e. The van der Waals surface area contributed by atoms with Gasteiger partial charge in [-0.1, -0.05) is 0 Å². The van der Waals surface area contributed by atoms with E-state index in [2.05, 4.69) is 9.73 Å². The van der Waals surface area contributed by atoms with Crippen LogP contribution >= 0.6 is 0 Å². The summed E-state index contributed by atoms with van der Waals surface area (Å²) in [5, 5.41) is 14.5. The standard InChI is InChI=1S/C16H12F3N3O7/c1-7(28-16(25)10-4-5-12(29-10)22(26)27)15(24)20-6-11(23)21-9-3-2-8(17)13(18)14(9)19/h2-5,7H,6H2,1H3,(H,20,24)(H,21,23). The Morgan fingerprint density at radius 2 is 1.86 bits per heavy atom. The first-order chi connectivity index (χ1) is 13.6. The molecule has 1 heterocycles. The number of amides is 2. The molecule has 0 radical (unpaired) electrons. The van der Waals surface area contributed by atoms with Gasteiger partial charge in [-0.25, -0.2) is 18.0 Å². The summed E-state index contributed by atoms with van der Waals surface area (Å²) < 4.78 is 48.8. The molecule has 1 aromatic carbocycles. The lowest BCUT2D eigenvalue weighted by Gasteiger charge is -2.13. The Bertz CT molecular complexity index is 977. The number of rotatable bonds is 7. The van der Waals surface area contributed by atoms with E-state index in [4.69, 9.17) is 4.74 Å². The number of halogens is 3. The van der Waals surface area contributed by atoms with Crippen LogP contribution in [0, 0.1) is 27.6 Å². The lowest BCUT2D eigenvalue weighted by Crippen LogP contribution is -2.40. The second kappa shape index (κ2) is 8.86. The van der Waals surface area contributed by atoms with E-state index in [0.717, 1.165) is 25.1 Å². The van der Waals surface area contributed by atoms with E-state index in [1.54, 1.807) is 0 Å². The maximum absolute atomic E-state index is 13.5. The highest BCUT2D eigenvalue weighted by Gasteiger charge is 2.24. The van der Waals surface area contributed by atoms with Crippen LogP contribution in [0.15, 0.2) is 28.7 Å². The maximum Gasteiger partial charge on any atom is 0.433 e. The zero-order chi connectivity index (χ0) is 21.7. The van der Waals surface area contributed by atoms with Crippen LogP contribution < -0.4 is 10.6 Å². The Morgan fingerprint density at radius 3 is 2.48 bits per heavy atom.